The molecule has 1 aliphatic rings. The van der Waals surface area contributed by atoms with Crippen molar-refractivity contribution in [3.05, 3.63) is 30.1 Å². The maximum atomic E-state index is 12.3. The minimum absolute atomic E-state index is 0.150. The molecule has 1 saturated heterocycles. The maximum Gasteiger partial charge on any atom is 0.224 e. The van der Waals surface area contributed by atoms with Gasteiger partial charge in [0.15, 0.2) is 0 Å². The van der Waals surface area contributed by atoms with Gasteiger partial charge in [0.2, 0.25) is 5.91 Å². The van der Waals surface area contributed by atoms with Crippen molar-refractivity contribution in [3.63, 3.8) is 0 Å². The molecule has 1 unspecified atom stereocenters. The Balaban J connectivity index is 1.71. The van der Waals surface area contributed by atoms with Gasteiger partial charge in [-0.1, -0.05) is 32.3 Å². The van der Waals surface area contributed by atoms with Crippen LogP contribution in [0.2, 0.25) is 0 Å². The van der Waals surface area contributed by atoms with Crippen LogP contribution in [0.4, 0.5) is 0 Å². The molecule has 1 atom stereocenters. The van der Waals surface area contributed by atoms with Gasteiger partial charge < -0.3 is 5.32 Å². The number of carbonyl (C=O) groups is 1. The fourth-order valence-electron chi connectivity index (χ4n) is 3.07. The van der Waals surface area contributed by atoms with Gasteiger partial charge in [-0.3, -0.25) is 14.7 Å². The molecule has 1 N–H and O–H groups in total. The third-order valence-corrected chi connectivity index (χ3v) is 4.33. The first-order valence-electron chi connectivity index (χ1n) is 8.68. The van der Waals surface area contributed by atoms with Crippen molar-refractivity contribution in [3.8, 4) is 0 Å². The summed E-state index contributed by atoms with van der Waals surface area (Å²) >= 11 is 0. The number of hydrogen-bond acceptors (Lipinski definition) is 3. The molecule has 4 heteroatoms. The number of unbranched alkanes of at least 4 members (excludes halogenated alkanes) is 3. The third kappa shape index (κ3) is 5.76. The lowest BCUT2D eigenvalue weighted by Gasteiger charge is -2.32. The van der Waals surface area contributed by atoms with Gasteiger partial charge in [0.05, 0.1) is 5.92 Å². The summed E-state index contributed by atoms with van der Waals surface area (Å²) < 4.78 is 0. The lowest BCUT2D eigenvalue weighted by Crippen LogP contribution is -2.42. The second-order valence-corrected chi connectivity index (χ2v) is 6.29. The van der Waals surface area contributed by atoms with Crippen molar-refractivity contribution in [1.82, 2.24) is 15.2 Å². The highest BCUT2D eigenvalue weighted by Gasteiger charge is 2.25. The van der Waals surface area contributed by atoms with Gasteiger partial charge in [-0.15, -0.1) is 0 Å². The molecule has 4 nitrogen and oxygen atoms in total. The van der Waals surface area contributed by atoms with Crippen LogP contribution in [-0.2, 0) is 11.3 Å². The van der Waals surface area contributed by atoms with E-state index >= 15 is 0 Å². The van der Waals surface area contributed by atoms with Crippen LogP contribution in [0, 0.1) is 5.92 Å². The van der Waals surface area contributed by atoms with E-state index in [2.05, 4.69) is 28.2 Å². The Bertz CT molecular complexity index is 435. The summed E-state index contributed by atoms with van der Waals surface area (Å²) in [4.78, 5) is 18.8. The van der Waals surface area contributed by atoms with E-state index in [1.807, 2.05) is 12.3 Å². The Labute approximate surface area is 134 Å². The molecule has 22 heavy (non-hydrogen) atoms. The Morgan fingerprint density at radius 1 is 1.41 bits per heavy atom. The van der Waals surface area contributed by atoms with Gasteiger partial charge in [-0.2, -0.15) is 0 Å². The minimum atomic E-state index is 0.150. The van der Waals surface area contributed by atoms with Crippen LogP contribution in [-0.4, -0.2) is 35.4 Å². The van der Waals surface area contributed by atoms with E-state index in [9.17, 15) is 4.79 Å². The summed E-state index contributed by atoms with van der Waals surface area (Å²) in [5.74, 6) is 0.393. The summed E-state index contributed by atoms with van der Waals surface area (Å²) in [5, 5.41) is 3.12. The van der Waals surface area contributed by atoms with Crippen molar-refractivity contribution < 1.29 is 4.79 Å². The van der Waals surface area contributed by atoms with Crippen LogP contribution in [0.25, 0.3) is 0 Å². The van der Waals surface area contributed by atoms with E-state index in [1.54, 1.807) is 6.20 Å². The molecule has 1 aromatic rings. The quantitative estimate of drug-likeness (QED) is 0.751. The van der Waals surface area contributed by atoms with Crippen LogP contribution in [0.5, 0.6) is 0 Å². The lowest BCUT2D eigenvalue weighted by molar-refractivity contribution is -0.126. The van der Waals surface area contributed by atoms with E-state index < -0.39 is 0 Å². The molecule has 1 amide bonds. The zero-order valence-corrected chi connectivity index (χ0v) is 13.8. The molecule has 1 fully saturated rings. The molecular weight excluding hydrogens is 274 g/mol. The van der Waals surface area contributed by atoms with Crippen LogP contribution in [0.3, 0.4) is 0 Å². The van der Waals surface area contributed by atoms with Crippen LogP contribution in [0.1, 0.15) is 51.0 Å². The summed E-state index contributed by atoms with van der Waals surface area (Å²) in [7, 11) is 0. The molecule has 0 spiro atoms. The largest absolute Gasteiger partial charge is 0.356 e. The average Bonchev–Trinajstić information content (AvgIpc) is 2.56. The number of likely N-dealkylation sites (tertiary alicyclic amines) is 1. The number of rotatable bonds is 8. The minimum Gasteiger partial charge on any atom is -0.356 e. The first kappa shape index (κ1) is 16.9. The van der Waals surface area contributed by atoms with Crippen LogP contribution < -0.4 is 5.32 Å². The molecule has 1 aliphatic heterocycles. The van der Waals surface area contributed by atoms with Gasteiger partial charge in [-0.05, 0) is 37.4 Å². The predicted octanol–water partition coefficient (Wildman–Crippen LogP) is 2.99. The zero-order chi connectivity index (χ0) is 15.6. The normalized spacial score (nSPS) is 19.0. The summed E-state index contributed by atoms with van der Waals surface area (Å²) in [6.45, 7) is 5.88. The number of nitrogens with one attached hydrogen (secondary N) is 1. The van der Waals surface area contributed by atoms with Gasteiger partial charge in [-0.25, -0.2) is 0 Å². The van der Waals surface area contributed by atoms with E-state index in [4.69, 9.17) is 0 Å². The highest BCUT2D eigenvalue weighted by molar-refractivity contribution is 5.78. The van der Waals surface area contributed by atoms with Crippen LogP contribution in [0.15, 0.2) is 24.5 Å². The highest BCUT2D eigenvalue weighted by Crippen LogP contribution is 2.18. The molecule has 1 aromatic heterocycles. The van der Waals surface area contributed by atoms with Crippen molar-refractivity contribution in [1.29, 1.82) is 0 Å². The van der Waals surface area contributed by atoms with E-state index in [0.717, 1.165) is 45.4 Å². The second-order valence-electron chi connectivity index (χ2n) is 6.29. The Morgan fingerprint density at radius 2 is 2.32 bits per heavy atom. The van der Waals surface area contributed by atoms with Crippen molar-refractivity contribution in [2.24, 2.45) is 5.92 Å². The van der Waals surface area contributed by atoms with Gasteiger partial charge in [0.1, 0.15) is 0 Å². The Hall–Kier alpha value is -1.42. The molecule has 0 radical (unpaired) electrons. The van der Waals surface area contributed by atoms with Crippen molar-refractivity contribution in [2.45, 2.75) is 52.0 Å². The SMILES string of the molecule is CCCCCCNC(=O)C1CCCN(Cc2cccnc2)C1. The number of hydrogen-bond donors (Lipinski definition) is 1. The molecule has 0 bridgehead atoms. The molecular formula is C18H29N3O. The van der Waals surface area contributed by atoms with E-state index in [0.29, 0.717) is 0 Å². The number of amides is 1. The van der Waals surface area contributed by atoms with Crippen LogP contribution >= 0.6 is 0 Å². The Kier molecular flexibility index (Phi) is 7.37. The fourth-order valence-corrected chi connectivity index (χ4v) is 3.07. The number of nitrogens with zero attached hydrogens (tertiary/aromatic N) is 2. The number of carbonyl (C=O) groups excluding carboxylic acids is 1. The fraction of sp³-hybridized carbons (Fsp3) is 0.667. The second kappa shape index (κ2) is 9.57. The monoisotopic (exact) mass is 303 g/mol. The van der Waals surface area contributed by atoms with Gasteiger partial charge in [0.25, 0.3) is 0 Å². The highest BCUT2D eigenvalue weighted by atomic mass is 16.1. The first-order valence-corrected chi connectivity index (χ1v) is 8.68. The number of piperidine rings is 1. The van der Waals surface area contributed by atoms with Crippen molar-refractivity contribution in [2.75, 3.05) is 19.6 Å². The first-order chi connectivity index (χ1) is 10.8. The van der Waals surface area contributed by atoms with Gasteiger partial charge >= 0.3 is 0 Å². The van der Waals surface area contributed by atoms with Crippen molar-refractivity contribution >= 4 is 5.91 Å². The summed E-state index contributed by atoms with van der Waals surface area (Å²) in [5.41, 5.74) is 1.23. The molecule has 2 heterocycles. The number of aromatic nitrogens is 1. The smallest absolute Gasteiger partial charge is 0.224 e. The third-order valence-electron chi connectivity index (χ3n) is 4.33. The van der Waals surface area contributed by atoms with E-state index in [-0.39, 0.29) is 11.8 Å². The Morgan fingerprint density at radius 3 is 3.09 bits per heavy atom. The number of pyridine rings is 1. The van der Waals surface area contributed by atoms with E-state index in [1.165, 1.54) is 24.8 Å². The molecule has 0 saturated carbocycles. The zero-order valence-electron chi connectivity index (χ0n) is 13.8. The summed E-state index contributed by atoms with van der Waals surface area (Å²) in [6, 6.07) is 4.07. The standard InChI is InChI=1S/C18H29N3O/c1-2-3-4-5-11-20-18(22)17-9-7-12-21(15-17)14-16-8-6-10-19-13-16/h6,8,10,13,17H,2-5,7,9,11-12,14-15H2,1H3,(H,20,22). The molecule has 0 aromatic carbocycles. The predicted molar refractivity (Wildman–Crippen MR) is 89.4 cm³/mol. The topological polar surface area (TPSA) is 45.2 Å². The summed E-state index contributed by atoms with van der Waals surface area (Å²) in [6.07, 6.45) is 10.7. The maximum absolute atomic E-state index is 12.3. The molecule has 122 valence electrons. The average molecular weight is 303 g/mol. The molecule has 2 rings (SSSR count). The lowest BCUT2D eigenvalue weighted by atomic mass is 9.96. The molecule has 0 aliphatic carbocycles. The van der Waals surface area contributed by atoms with Gasteiger partial charge in [0, 0.05) is 32.0 Å².